The predicted octanol–water partition coefficient (Wildman–Crippen LogP) is 2.51. The summed E-state index contributed by atoms with van der Waals surface area (Å²) >= 11 is 0. The molecule has 1 amide bonds. The summed E-state index contributed by atoms with van der Waals surface area (Å²) in [5.41, 5.74) is 2.21. The molecule has 0 saturated carbocycles. The third kappa shape index (κ3) is 2.21. The smallest absolute Gasteiger partial charge is 0.310 e. The Kier molecular flexibility index (Phi) is 3.09. The van der Waals surface area contributed by atoms with Crippen LogP contribution >= 0.6 is 0 Å². The van der Waals surface area contributed by atoms with Crippen molar-refractivity contribution in [1.82, 2.24) is 5.17 Å². The summed E-state index contributed by atoms with van der Waals surface area (Å²) in [7, 11) is 1.80. The number of rotatable bonds is 2. The first kappa shape index (κ1) is 12.2. The molecule has 1 heterocycles. The summed E-state index contributed by atoms with van der Waals surface area (Å²) in [6.07, 6.45) is 1.61. The van der Waals surface area contributed by atoms with E-state index in [2.05, 4.69) is 10.4 Å². The van der Waals surface area contributed by atoms with Gasteiger partial charge in [-0.15, -0.1) is 5.10 Å². The van der Waals surface area contributed by atoms with Crippen LogP contribution in [0.4, 0.5) is 5.69 Å². The van der Waals surface area contributed by atoms with Crippen LogP contribution in [0.25, 0.3) is 0 Å². The molecule has 0 fully saturated rings. The maximum Gasteiger partial charge on any atom is 0.310 e. The van der Waals surface area contributed by atoms with Crippen molar-refractivity contribution in [2.24, 2.45) is 5.10 Å². The van der Waals surface area contributed by atoms with E-state index in [1.807, 2.05) is 24.3 Å². The number of carbonyl (C=O) groups excluding carboxylic acids is 1. The second-order valence-corrected chi connectivity index (χ2v) is 4.28. The van der Waals surface area contributed by atoms with Crippen molar-refractivity contribution in [1.29, 1.82) is 0 Å². The maximum absolute atomic E-state index is 12.3. The van der Waals surface area contributed by atoms with Crippen molar-refractivity contribution in [2.45, 2.75) is 0 Å². The largest absolute Gasteiger partial charge is 0.388 e. The number of carbonyl (C=O) groups is 1. The summed E-state index contributed by atoms with van der Waals surface area (Å²) in [6.45, 7) is 0. The topological polar surface area (TPSA) is 53.9 Å². The molecule has 0 saturated heterocycles. The Morgan fingerprint density at radius 2 is 2.05 bits per heavy atom. The highest BCUT2D eigenvalue weighted by atomic mass is 16.7. The number of hydrazone groups is 1. The van der Waals surface area contributed by atoms with Crippen LogP contribution in [0.5, 0.6) is 5.75 Å². The maximum atomic E-state index is 12.3. The van der Waals surface area contributed by atoms with Crippen LogP contribution in [-0.4, -0.2) is 24.3 Å². The zero-order chi connectivity index (χ0) is 13.9. The number of anilines is 1. The lowest BCUT2D eigenvalue weighted by molar-refractivity contribution is -0.0339. The average molecular weight is 267 g/mol. The van der Waals surface area contributed by atoms with Crippen LogP contribution in [-0.2, 0) is 0 Å². The SMILES string of the molecule is CNc1cccc(C(=O)N2N=Cc3ccccc3O2)c1. The highest BCUT2D eigenvalue weighted by molar-refractivity contribution is 5.96. The molecule has 0 aliphatic carbocycles. The Morgan fingerprint density at radius 1 is 1.20 bits per heavy atom. The van der Waals surface area contributed by atoms with Crippen molar-refractivity contribution in [2.75, 3.05) is 12.4 Å². The van der Waals surface area contributed by atoms with E-state index in [0.29, 0.717) is 11.3 Å². The van der Waals surface area contributed by atoms with E-state index < -0.39 is 0 Å². The van der Waals surface area contributed by atoms with Gasteiger partial charge < -0.3 is 10.2 Å². The summed E-state index contributed by atoms with van der Waals surface area (Å²) in [6, 6.07) is 14.6. The minimum atomic E-state index is -0.312. The fourth-order valence-corrected chi connectivity index (χ4v) is 1.91. The van der Waals surface area contributed by atoms with Gasteiger partial charge in [0.05, 0.1) is 6.21 Å². The standard InChI is InChI=1S/C15H13N3O2/c1-16-13-7-4-6-11(9-13)15(19)18-17-10-12-5-2-3-8-14(12)20-18/h2-10,16H,1H3. The van der Waals surface area contributed by atoms with Gasteiger partial charge in [0, 0.05) is 23.9 Å². The highest BCUT2D eigenvalue weighted by Crippen LogP contribution is 2.22. The van der Waals surface area contributed by atoms with Crippen LogP contribution in [0.1, 0.15) is 15.9 Å². The molecule has 0 aromatic heterocycles. The van der Waals surface area contributed by atoms with E-state index in [-0.39, 0.29) is 5.91 Å². The van der Waals surface area contributed by atoms with Gasteiger partial charge in [-0.25, -0.2) is 0 Å². The first-order chi connectivity index (χ1) is 9.78. The zero-order valence-electron chi connectivity index (χ0n) is 10.9. The van der Waals surface area contributed by atoms with Gasteiger partial charge in [-0.3, -0.25) is 4.79 Å². The van der Waals surface area contributed by atoms with Crippen LogP contribution in [0.3, 0.4) is 0 Å². The van der Waals surface area contributed by atoms with E-state index >= 15 is 0 Å². The summed E-state index contributed by atoms with van der Waals surface area (Å²) in [5, 5.41) is 8.01. The molecule has 2 aromatic carbocycles. The van der Waals surface area contributed by atoms with Gasteiger partial charge in [-0.05, 0) is 30.3 Å². The van der Waals surface area contributed by atoms with E-state index in [1.54, 1.807) is 37.5 Å². The van der Waals surface area contributed by atoms with Crippen molar-refractivity contribution < 1.29 is 9.63 Å². The number of hydrogen-bond donors (Lipinski definition) is 1. The zero-order valence-corrected chi connectivity index (χ0v) is 10.9. The molecular weight excluding hydrogens is 254 g/mol. The number of amides is 1. The van der Waals surface area contributed by atoms with E-state index in [1.165, 1.54) is 0 Å². The predicted molar refractivity (Wildman–Crippen MR) is 76.8 cm³/mol. The fourth-order valence-electron chi connectivity index (χ4n) is 1.91. The van der Waals surface area contributed by atoms with E-state index in [9.17, 15) is 4.79 Å². The molecule has 5 heteroatoms. The Balaban J connectivity index is 1.86. The molecule has 1 aliphatic rings. The monoisotopic (exact) mass is 267 g/mol. The second kappa shape index (κ2) is 5.05. The summed E-state index contributed by atoms with van der Waals surface area (Å²) in [4.78, 5) is 17.8. The lowest BCUT2D eigenvalue weighted by Gasteiger charge is -2.21. The van der Waals surface area contributed by atoms with Crippen LogP contribution in [0.15, 0.2) is 53.6 Å². The summed E-state index contributed by atoms with van der Waals surface area (Å²) < 4.78 is 0. The number of nitrogens with one attached hydrogen (secondary N) is 1. The molecule has 0 atom stereocenters. The van der Waals surface area contributed by atoms with Gasteiger partial charge in [-0.1, -0.05) is 23.4 Å². The number of nitrogens with zero attached hydrogens (tertiary/aromatic N) is 2. The van der Waals surface area contributed by atoms with Gasteiger partial charge >= 0.3 is 5.91 Å². The Hall–Kier alpha value is -2.82. The van der Waals surface area contributed by atoms with Gasteiger partial charge in [0.25, 0.3) is 0 Å². The van der Waals surface area contributed by atoms with Gasteiger partial charge in [0.1, 0.15) is 0 Å². The normalized spacial score (nSPS) is 12.6. The van der Waals surface area contributed by atoms with Crippen LogP contribution < -0.4 is 10.2 Å². The lowest BCUT2D eigenvalue weighted by Crippen LogP contribution is -2.32. The molecule has 0 unspecified atom stereocenters. The molecule has 0 spiro atoms. The van der Waals surface area contributed by atoms with Crippen molar-refractivity contribution in [3.05, 3.63) is 59.7 Å². The molecule has 0 bridgehead atoms. The molecule has 0 radical (unpaired) electrons. The second-order valence-electron chi connectivity index (χ2n) is 4.28. The van der Waals surface area contributed by atoms with E-state index in [4.69, 9.17) is 4.84 Å². The number of fused-ring (bicyclic) bond motifs is 1. The van der Waals surface area contributed by atoms with Gasteiger partial charge in [0.2, 0.25) is 0 Å². The lowest BCUT2D eigenvalue weighted by atomic mass is 10.2. The van der Waals surface area contributed by atoms with E-state index in [0.717, 1.165) is 16.4 Å². The Labute approximate surface area is 116 Å². The molecular formula is C15H13N3O2. The molecule has 100 valence electrons. The first-order valence-corrected chi connectivity index (χ1v) is 6.21. The van der Waals surface area contributed by atoms with Gasteiger partial charge in [-0.2, -0.15) is 0 Å². The molecule has 20 heavy (non-hydrogen) atoms. The average Bonchev–Trinajstić information content (AvgIpc) is 2.53. The minimum absolute atomic E-state index is 0.312. The first-order valence-electron chi connectivity index (χ1n) is 6.21. The molecule has 5 nitrogen and oxygen atoms in total. The van der Waals surface area contributed by atoms with Crippen LogP contribution in [0.2, 0.25) is 0 Å². The van der Waals surface area contributed by atoms with Crippen molar-refractivity contribution >= 4 is 17.8 Å². The Morgan fingerprint density at radius 3 is 2.90 bits per heavy atom. The quantitative estimate of drug-likeness (QED) is 0.909. The number of hydroxylamine groups is 1. The Bertz CT molecular complexity index is 682. The van der Waals surface area contributed by atoms with Gasteiger partial charge in [0.15, 0.2) is 5.75 Å². The molecule has 2 aromatic rings. The molecule has 1 N–H and O–H groups in total. The number of hydrogen-bond acceptors (Lipinski definition) is 4. The third-order valence-electron chi connectivity index (χ3n) is 2.98. The number of para-hydroxylation sites is 1. The fraction of sp³-hybridized carbons (Fsp3) is 0.0667. The molecule has 3 rings (SSSR count). The van der Waals surface area contributed by atoms with Crippen LogP contribution in [0, 0.1) is 0 Å². The number of benzene rings is 2. The minimum Gasteiger partial charge on any atom is -0.388 e. The molecule has 1 aliphatic heterocycles. The third-order valence-corrected chi connectivity index (χ3v) is 2.98. The van der Waals surface area contributed by atoms with Crippen molar-refractivity contribution in [3.8, 4) is 5.75 Å². The van der Waals surface area contributed by atoms with Crippen molar-refractivity contribution in [3.63, 3.8) is 0 Å². The summed E-state index contributed by atoms with van der Waals surface area (Å²) in [5.74, 6) is 0.300. The highest BCUT2D eigenvalue weighted by Gasteiger charge is 2.21.